The molecule has 0 unspecified atom stereocenters. The molecule has 4 rings (SSSR count). The Bertz CT molecular complexity index is 1180. The lowest BCUT2D eigenvalue weighted by molar-refractivity contribution is -0.142. The molecule has 0 saturated carbocycles. The first-order valence-corrected chi connectivity index (χ1v) is 11.1. The number of carbonyl (C=O) groups excluding carboxylic acids is 1. The Morgan fingerprint density at radius 2 is 1.85 bits per heavy atom. The molecule has 2 aromatic heterocycles. The van der Waals surface area contributed by atoms with E-state index in [4.69, 9.17) is 27.9 Å². The van der Waals surface area contributed by atoms with Gasteiger partial charge in [-0.3, -0.25) is 14.5 Å². The van der Waals surface area contributed by atoms with Gasteiger partial charge in [-0.1, -0.05) is 29.3 Å². The summed E-state index contributed by atoms with van der Waals surface area (Å²) in [5, 5.41) is 3.53. The summed E-state index contributed by atoms with van der Waals surface area (Å²) in [6.45, 7) is 1.47. The molecular weight excluding hydrogens is 494 g/mol. The maximum atomic E-state index is 13.4. The Hall–Kier alpha value is -2.98. The average molecular weight is 514 g/mol. The monoisotopic (exact) mass is 513 g/mol. The van der Waals surface area contributed by atoms with E-state index in [9.17, 15) is 18.0 Å². The lowest BCUT2D eigenvalue weighted by Crippen LogP contribution is -2.49. The number of alkyl halides is 3. The molecule has 180 valence electrons. The molecule has 3 aromatic rings. The second-order valence-electron chi connectivity index (χ2n) is 7.57. The molecule has 12 heteroatoms. The summed E-state index contributed by atoms with van der Waals surface area (Å²) < 4.78 is 46.5. The number of benzene rings is 1. The number of methoxy groups -OCH3 is 1. The molecule has 0 radical (unpaired) electrons. The van der Waals surface area contributed by atoms with Crippen molar-refractivity contribution in [2.45, 2.75) is 12.7 Å². The van der Waals surface area contributed by atoms with Crippen molar-refractivity contribution in [1.29, 1.82) is 0 Å². The van der Waals surface area contributed by atoms with Crippen molar-refractivity contribution in [3.8, 4) is 17.1 Å². The van der Waals surface area contributed by atoms with E-state index in [0.717, 1.165) is 10.4 Å². The number of halogens is 5. The van der Waals surface area contributed by atoms with E-state index < -0.39 is 23.4 Å². The summed E-state index contributed by atoms with van der Waals surface area (Å²) in [6, 6.07) is 10.2. The van der Waals surface area contributed by atoms with E-state index in [-0.39, 0.29) is 17.3 Å². The molecule has 1 aliphatic rings. The normalized spacial score (nSPS) is 14.4. The lowest BCUT2D eigenvalue weighted by atomic mass is 10.2. The van der Waals surface area contributed by atoms with Crippen molar-refractivity contribution in [1.82, 2.24) is 19.7 Å². The maximum absolute atomic E-state index is 13.4. The minimum Gasteiger partial charge on any atom is -0.495 e. The molecule has 0 atom stereocenters. The van der Waals surface area contributed by atoms with Gasteiger partial charge >= 0.3 is 6.18 Å². The number of anilines is 1. The Balaban J connectivity index is 1.50. The topological polar surface area (TPSA) is 63.5 Å². The highest BCUT2D eigenvalue weighted by molar-refractivity contribution is 6.33. The van der Waals surface area contributed by atoms with Gasteiger partial charge in [0.25, 0.3) is 0 Å². The number of nitrogens with zero attached hydrogens (tertiary/aromatic N) is 5. The fourth-order valence-corrected chi connectivity index (χ4v) is 4.30. The molecule has 7 nitrogen and oxygen atoms in total. The van der Waals surface area contributed by atoms with Crippen LogP contribution in [0.2, 0.25) is 10.0 Å². The van der Waals surface area contributed by atoms with Crippen molar-refractivity contribution >= 4 is 34.8 Å². The highest BCUT2D eigenvalue weighted by Gasteiger charge is 2.39. The number of aromatic nitrogens is 3. The van der Waals surface area contributed by atoms with Gasteiger partial charge in [0.2, 0.25) is 5.91 Å². The lowest BCUT2D eigenvalue weighted by Gasteiger charge is -2.36. The van der Waals surface area contributed by atoms with Crippen molar-refractivity contribution < 1.29 is 22.7 Å². The fraction of sp³-hybridized carbons (Fsp3) is 0.318. The highest BCUT2D eigenvalue weighted by Crippen LogP contribution is 2.39. The number of hydrogen-bond acceptors (Lipinski definition) is 5. The summed E-state index contributed by atoms with van der Waals surface area (Å²) in [4.78, 5) is 20.7. The summed E-state index contributed by atoms with van der Waals surface area (Å²) in [7, 11) is 1.53. The van der Waals surface area contributed by atoms with Crippen LogP contribution >= 0.6 is 23.2 Å². The van der Waals surface area contributed by atoms with Crippen molar-refractivity contribution in [2.75, 3.05) is 38.2 Å². The molecule has 1 saturated heterocycles. The number of piperazine rings is 1. The van der Waals surface area contributed by atoms with Crippen molar-refractivity contribution in [2.24, 2.45) is 0 Å². The van der Waals surface area contributed by atoms with Crippen LogP contribution < -0.4 is 9.64 Å². The number of amides is 1. The third kappa shape index (κ3) is 4.92. The number of rotatable bonds is 5. The van der Waals surface area contributed by atoms with Gasteiger partial charge in [-0.15, -0.1) is 0 Å². The van der Waals surface area contributed by atoms with Crippen LogP contribution in [-0.4, -0.2) is 58.9 Å². The minimum atomic E-state index is -4.76. The number of hydrogen-bond donors (Lipinski definition) is 0. The quantitative estimate of drug-likeness (QED) is 0.497. The summed E-state index contributed by atoms with van der Waals surface area (Å²) in [5.74, 6) is 0.189. The zero-order valence-corrected chi connectivity index (χ0v) is 19.5. The Morgan fingerprint density at radius 1 is 1.12 bits per heavy atom. The van der Waals surface area contributed by atoms with E-state index in [2.05, 4.69) is 15.0 Å². The van der Waals surface area contributed by atoms with Gasteiger partial charge in [-0.2, -0.15) is 18.3 Å². The second kappa shape index (κ2) is 9.71. The predicted octanol–water partition coefficient (Wildman–Crippen LogP) is 4.63. The van der Waals surface area contributed by atoms with E-state index in [0.29, 0.717) is 37.0 Å². The third-order valence-electron chi connectivity index (χ3n) is 5.49. The SMILES string of the molecule is COc1cc(N2CCN(C(=O)Cn3nc(C(F)(F)F)c(Cl)c3-c3ccccn3)CC2)ccc1Cl. The first kappa shape index (κ1) is 24.2. The summed E-state index contributed by atoms with van der Waals surface area (Å²) in [5.41, 5.74) is -0.191. The van der Waals surface area contributed by atoms with Crippen LogP contribution in [0.4, 0.5) is 18.9 Å². The minimum absolute atomic E-state index is 0.0464. The van der Waals surface area contributed by atoms with Crippen LogP contribution in [0.15, 0.2) is 42.6 Å². The molecule has 1 amide bonds. The van der Waals surface area contributed by atoms with Crippen molar-refractivity contribution in [3.05, 3.63) is 58.3 Å². The van der Waals surface area contributed by atoms with Crippen molar-refractivity contribution in [3.63, 3.8) is 0 Å². The van der Waals surface area contributed by atoms with Crippen LogP contribution in [0, 0.1) is 0 Å². The predicted molar refractivity (Wildman–Crippen MR) is 122 cm³/mol. The van der Waals surface area contributed by atoms with Gasteiger partial charge in [0.05, 0.1) is 17.8 Å². The average Bonchev–Trinajstić information content (AvgIpc) is 3.16. The third-order valence-corrected chi connectivity index (χ3v) is 6.16. The van der Waals surface area contributed by atoms with E-state index >= 15 is 0 Å². The second-order valence-corrected chi connectivity index (χ2v) is 8.35. The number of ether oxygens (including phenoxy) is 1. The molecule has 34 heavy (non-hydrogen) atoms. The van der Waals surface area contributed by atoms with E-state index in [1.54, 1.807) is 23.1 Å². The Labute approximate surface area is 203 Å². The van der Waals surface area contributed by atoms with Gasteiger partial charge in [-0.25, -0.2) is 0 Å². The van der Waals surface area contributed by atoms with Crippen LogP contribution in [-0.2, 0) is 17.5 Å². The van der Waals surface area contributed by atoms with Gasteiger partial charge in [-0.05, 0) is 24.3 Å². The standard InChI is InChI=1S/C22H20Cl2F3N5O2/c1-34-17-12-14(5-6-15(17)23)30-8-10-31(11-9-30)18(33)13-32-20(16-4-2-3-7-28-16)19(24)21(29-32)22(25,26)27/h2-7,12H,8-11,13H2,1H3. The molecule has 0 N–H and O–H groups in total. The molecule has 0 bridgehead atoms. The molecule has 0 spiro atoms. The number of pyridine rings is 1. The van der Waals surface area contributed by atoms with Crippen LogP contribution in [0.25, 0.3) is 11.4 Å². The molecule has 3 heterocycles. The highest BCUT2D eigenvalue weighted by atomic mass is 35.5. The largest absolute Gasteiger partial charge is 0.495 e. The molecule has 1 aromatic carbocycles. The van der Waals surface area contributed by atoms with Crippen LogP contribution in [0.3, 0.4) is 0 Å². The van der Waals surface area contributed by atoms with Gasteiger partial charge in [0.1, 0.15) is 23.0 Å². The summed E-state index contributed by atoms with van der Waals surface area (Å²) >= 11 is 12.1. The smallest absolute Gasteiger partial charge is 0.436 e. The van der Waals surface area contributed by atoms with E-state index in [1.165, 1.54) is 19.4 Å². The zero-order valence-electron chi connectivity index (χ0n) is 18.0. The Morgan fingerprint density at radius 3 is 2.47 bits per heavy atom. The first-order chi connectivity index (χ1) is 16.2. The van der Waals surface area contributed by atoms with Gasteiger partial charge in [0, 0.05) is 44.1 Å². The first-order valence-electron chi connectivity index (χ1n) is 10.3. The molecule has 1 fully saturated rings. The fourth-order valence-electron chi connectivity index (χ4n) is 3.77. The van der Waals surface area contributed by atoms with Gasteiger partial charge < -0.3 is 14.5 Å². The molecular formula is C22H20Cl2F3N5O2. The van der Waals surface area contributed by atoms with E-state index in [1.807, 2.05) is 12.1 Å². The molecule has 0 aliphatic carbocycles. The molecule has 1 aliphatic heterocycles. The Kier molecular flexibility index (Phi) is 6.90. The van der Waals surface area contributed by atoms with Crippen LogP contribution in [0.1, 0.15) is 5.69 Å². The van der Waals surface area contributed by atoms with Gasteiger partial charge in [0.15, 0.2) is 5.69 Å². The van der Waals surface area contributed by atoms with Crippen LogP contribution in [0.5, 0.6) is 5.75 Å². The summed E-state index contributed by atoms with van der Waals surface area (Å²) in [6.07, 6.45) is -3.33. The zero-order chi connectivity index (χ0) is 24.5. The maximum Gasteiger partial charge on any atom is 0.436 e. The number of carbonyl (C=O) groups is 1.